The number of hydrogen-bond donors (Lipinski definition) is 0. The molecule has 57 heavy (non-hydrogen) atoms. The van der Waals surface area contributed by atoms with E-state index in [-0.39, 0.29) is 0 Å². The van der Waals surface area contributed by atoms with Crippen molar-refractivity contribution in [2.45, 2.75) is 0 Å². The van der Waals surface area contributed by atoms with Gasteiger partial charge < -0.3 is 9.32 Å². The zero-order chi connectivity index (χ0) is 37.5. The number of fused-ring (bicyclic) bond motifs is 10. The second-order valence-electron chi connectivity index (χ2n) is 14.8. The maximum absolute atomic E-state index is 6.70. The number of hydrogen-bond acceptors (Lipinski definition) is 3. The van der Waals surface area contributed by atoms with Gasteiger partial charge in [0.1, 0.15) is 11.2 Å². The first-order valence-electron chi connectivity index (χ1n) is 19.4. The highest BCUT2D eigenvalue weighted by molar-refractivity contribution is 7.25. The minimum atomic E-state index is 0.893. The molecule has 0 N–H and O–H groups in total. The van der Waals surface area contributed by atoms with Gasteiger partial charge in [-0.2, -0.15) is 0 Å². The van der Waals surface area contributed by atoms with Crippen LogP contribution in [0.5, 0.6) is 0 Å². The lowest BCUT2D eigenvalue weighted by Crippen LogP contribution is -2.10. The molecule has 2 nitrogen and oxygen atoms in total. The number of para-hydroxylation sites is 1. The summed E-state index contributed by atoms with van der Waals surface area (Å²) >= 11 is 1.86. The maximum Gasteiger partial charge on any atom is 0.143 e. The van der Waals surface area contributed by atoms with E-state index in [0.717, 1.165) is 55.7 Å². The van der Waals surface area contributed by atoms with E-state index >= 15 is 0 Å². The van der Waals surface area contributed by atoms with Crippen molar-refractivity contribution >= 4 is 103 Å². The minimum absolute atomic E-state index is 0.893. The number of benzene rings is 10. The van der Waals surface area contributed by atoms with Gasteiger partial charge >= 0.3 is 0 Å². The van der Waals surface area contributed by atoms with E-state index in [1.165, 1.54) is 58.1 Å². The molecule has 0 aliphatic carbocycles. The third-order valence-corrected chi connectivity index (χ3v) is 12.8. The molecular weight excluding hydrogens is 711 g/mol. The van der Waals surface area contributed by atoms with Crippen molar-refractivity contribution in [3.05, 3.63) is 200 Å². The standard InChI is InChI=1S/C54H33NOS/c1-2-12-34(13-3-1)41-28-29-47(53-48-19-8-10-20-50(48)56-54(41)53)43-30-31-49(44-17-7-6-16-42(43)44)55(38-25-27-46-45-18-9-11-21-51(45)57-52(46)33-38)37-24-26-40-36(32-37)23-22-35-14-4-5-15-39(35)40/h1-33H. The Morgan fingerprint density at radius 1 is 0.368 bits per heavy atom. The molecule has 0 amide bonds. The summed E-state index contributed by atoms with van der Waals surface area (Å²) in [6.07, 6.45) is 0. The second-order valence-corrected chi connectivity index (χ2v) is 15.9. The van der Waals surface area contributed by atoms with Crippen LogP contribution in [0.25, 0.3) is 96.7 Å². The van der Waals surface area contributed by atoms with E-state index in [0.29, 0.717) is 0 Å². The van der Waals surface area contributed by atoms with Crippen molar-refractivity contribution in [1.82, 2.24) is 0 Å². The third kappa shape index (κ3) is 5.03. The van der Waals surface area contributed by atoms with Crippen LogP contribution in [0, 0.1) is 0 Å². The summed E-state index contributed by atoms with van der Waals surface area (Å²) in [6, 6.07) is 72.8. The van der Waals surface area contributed by atoms with E-state index in [2.05, 4.69) is 205 Å². The molecule has 0 spiro atoms. The largest absolute Gasteiger partial charge is 0.455 e. The van der Waals surface area contributed by atoms with Gasteiger partial charge in [0.25, 0.3) is 0 Å². The Labute approximate surface area is 333 Å². The predicted molar refractivity (Wildman–Crippen MR) is 245 cm³/mol. The fraction of sp³-hybridized carbons (Fsp3) is 0. The van der Waals surface area contributed by atoms with Crippen LogP contribution in [0.3, 0.4) is 0 Å². The highest BCUT2D eigenvalue weighted by Crippen LogP contribution is 2.48. The maximum atomic E-state index is 6.70. The summed E-state index contributed by atoms with van der Waals surface area (Å²) in [7, 11) is 0. The monoisotopic (exact) mass is 743 g/mol. The Kier molecular flexibility index (Phi) is 7.13. The number of thiophene rings is 1. The van der Waals surface area contributed by atoms with Crippen LogP contribution in [0.4, 0.5) is 17.1 Å². The molecule has 2 heterocycles. The Hall–Kier alpha value is -7.20. The SMILES string of the molecule is c1ccc(-c2ccc(-c3ccc(N(c4ccc5c(ccc6ccccc65)c4)c4ccc5c(c4)sc4ccccc45)c4ccccc34)c3c2oc2ccccc23)cc1. The molecule has 0 aliphatic rings. The lowest BCUT2D eigenvalue weighted by atomic mass is 9.91. The Morgan fingerprint density at radius 3 is 1.86 bits per heavy atom. The summed E-state index contributed by atoms with van der Waals surface area (Å²) in [4.78, 5) is 2.45. The third-order valence-electron chi connectivity index (χ3n) is 11.7. The zero-order valence-electron chi connectivity index (χ0n) is 30.8. The van der Waals surface area contributed by atoms with Gasteiger partial charge in [-0.3, -0.25) is 0 Å². The molecule has 10 aromatic carbocycles. The Bertz CT molecular complexity index is 3540. The molecule has 0 atom stereocenters. The Morgan fingerprint density at radius 2 is 0.982 bits per heavy atom. The van der Waals surface area contributed by atoms with E-state index in [1.54, 1.807) is 0 Å². The first kappa shape index (κ1) is 32.1. The summed E-state index contributed by atoms with van der Waals surface area (Å²) < 4.78 is 9.28. The predicted octanol–water partition coefficient (Wildman–Crippen LogP) is 16.2. The van der Waals surface area contributed by atoms with Crippen molar-refractivity contribution in [1.29, 1.82) is 0 Å². The topological polar surface area (TPSA) is 16.4 Å². The smallest absolute Gasteiger partial charge is 0.143 e. The average Bonchev–Trinajstić information content (AvgIpc) is 3.85. The summed E-state index contributed by atoms with van der Waals surface area (Å²) in [5.74, 6) is 0. The van der Waals surface area contributed by atoms with E-state index < -0.39 is 0 Å². The van der Waals surface area contributed by atoms with Crippen LogP contribution in [0.15, 0.2) is 205 Å². The van der Waals surface area contributed by atoms with Crippen molar-refractivity contribution in [3.8, 4) is 22.3 Å². The number of rotatable bonds is 5. The van der Waals surface area contributed by atoms with Gasteiger partial charge in [0.05, 0.1) is 5.69 Å². The van der Waals surface area contributed by atoms with Gasteiger partial charge in [-0.25, -0.2) is 0 Å². The fourth-order valence-electron chi connectivity index (χ4n) is 9.03. The molecule has 0 radical (unpaired) electrons. The molecule has 0 bridgehead atoms. The van der Waals surface area contributed by atoms with Crippen molar-refractivity contribution in [2.75, 3.05) is 4.90 Å². The van der Waals surface area contributed by atoms with Crippen molar-refractivity contribution in [2.24, 2.45) is 0 Å². The molecule has 0 unspecified atom stereocenters. The van der Waals surface area contributed by atoms with Gasteiger partial charge in [-0.1, -0.05) is 152 Å². The van der Waals surface area contributed by atoms with E-state index in [1.807, 2.05) is 11.3 Å². The highest BCUT2D eigenvalue weighted by Gasteiger charge is 2.22. The number of nitrogens with zero attached hydrogens (tertiary/aromatic N) is 1. The van der Waals surface area contributed by atoms with Gasteiger partial charge in [-0.05, 0) is 92.2 Å². The molecule has 12 rings (SSSR count). The molecule has 266 valence electrons. The summed E-state index contributed by atoms with van der Waals surface area (Å²) in [6.45, 7) is 0. The highest BCUT2D eigenvalue weighted by atomic mass is 32.1. The second kappa shape index (κ2) is 12.7. The Balaban J connectivity index is 1.10. The quantitative estimate of drug-likeness (QED) is 0.163. The number of anilines is 3. The first-order valence-corrected chi connectivity index (χ1v) is 20.2. The summed E-state index contributed by atoms with van der Waals surface area (Å²) in [5, 5.41) is 12.2. The average molecular weight is 744 g/mol. The summed E-state index contributed by atoms with van der Waals surface area (Å²) in [5.41, 5.74) is 9.75. The normalized spacial score (nSPS) is 11.9. The van der Waals surface area contributed by atoms with Gasteiger partial charge in [-0.15, -0.1) is 11.3 Å². The lowest BCUT2D eigenvalue weighted by molar-refractivity contribution is 0.670. The fourth-order valence-corrected chi connectivity index (χ4v) is 10.2. The van der Waals surface area contributed by atoms with Crippen LogP contribution in [0.1, 0.15) is 0 Å². The molecule has 0 saturated heterocycles. The molecule has 0 saturated carbocycles. The molecule has 0 aliphatic heterocycles. The van der Waals surface area contributed by atoms with Crippen molar-refractivity contribution < 1.29 is 4.42 Å². The first-order chi connectivity index (χ1) is 28.3. The van der Waals surface area contributed by atoms with E-state index in [4.69, 9.17) is 4.42 Å². The number of furan rings is 1. The lowest BCUT2D eigenvalue weighted by Gasteiger charge is -2.28. The van der Waals surface area contributed by atoms with Crippen LogP contribution in [-0.2, 0) is 0 Å². The van der Waals surface area contributed by atoms with Gasteiger partial charge in [0.15, 0.2) is 0 Å². The van der Waals surface area contributed by atoms with Crippen LogP contribution < -0.4 is 4.90 Å². The molecule has 12 aromatic rings. The zero-order valence-corrected chi connectivity index (χ0v) is 31.6. The van der Waals surface area contributed by atoms with Gasteiger partial charge in [0.2, 0.25) is 0 Å². The molecule has 2 aromatic heterocycles. The van der Waals surface area contributed by atoms with Crippen LogP contribution in [-0.4, -0.2) is 0 Å². The minimum Gasteiger partial charge on any atom is -0.455 e. The molecule has 3 heteroatoms. The molecular formula is C54H33NOS. The van der Waals surface area contributed by atoms with Crippen LogP contribution in [0.2, 0.25) is 0 Å². The molecule has 0 fully saturated rings. The van der Waals surface area contributed by atoms with Crippen LogP contribution >= 0.6 is 11.3 Å². The van der Waals surface area contributed by atoms with Gasteiger partial charge in [0, 0.05) is 53.3 Å². The van der Waals surface area contributed by atoms with E-state index in [9.17, 15) is 0 Å². The van der Waals surface area contributed by atoms with Crippen molar-refractivity contribution in [3.63, 3.8) is 0 Å².